The SMILES string of the molecule is COc1ccc(S(=O)(=O)Oc2cccc(I)c2)cc1OC. The van der Waals surface area contributed by atoms with Gasteiger partial charge in [0, 0.05) is 9.64 Å². The molecule has 0 radical (unpaired) electrons. The molecular weight excluding hydrogens is 407 g/mol. The Labute approximate surface area is 137 Å². The molecular formula is C14H13IO5S. The second-order valence-electron chi connectivity index (χ2n) is 4.01. The van der Waals surface area contributed by atoms with Gasteiger partial charge in [-0.25, -0.2) is 0 Å². The molecule has 0 aliphatic carbocycles. The van der Waals surface area contributed by atoms with Crippen molar-refractivity contribution in [1.82, 2.24) is 0 Å². The number of rotatable bonds is 5. The summed E-state index contributed by atoms with van der Waals surface area (Å²) >= 11 is 2.08. The van der Waals surface area contributed by atoms with Gasteiger partial charge in [0.15, 0.2) is 11.5 Å². The van der Waals surface area contributed by atoms with Crippen molar-refractivity contribution in [2.45, 2.75) is 4.90 Å². The van der Waals surface area contributed by atoms with Crippen molar-refractivity contribution in [1.29, 1.82) is 0 Å². The van der Waals surface area contributed by atoms with Gasteiger partial charge < -0.3 is 13.7 Å². The Morgan fingerprint density at radius 3 is 2.29 bits per heavy atom. The number of halogens is 1. The molecule has 0 bridgehead atoms. The van der Waals surface area contributed by atoms with Crippen molar-refractivity contribution < 1.29 is 22.1 Å². The number of methoxy groups -OCH3 is 2. The summed E-state index contributed by atoms with van der Waals surface area (Å²) in [5, 5.41) is 0. The zero-order valence-electron chi connectivity index (χ0n) is 11.4. The van der Waals surface area contributed by atoms with Crippen molar-refractivity contribution in [3.63, 3.8) is 0 Å². The summed E-state index contributed by atoms with van der Waals surface area (Å²) in [6.07, 6.45) is 0. The lowest BCUT2D eigenvalue weighted by Crippen LogP contribution is -2.10. The van der Waals surface area contributed by atoms with Crippen LogP contribution in [-0.2, 0) is 10.1 Å². The van der Waals surface area contributed by atoms with Gasteiger partial charge in [-0.3, -0.25) is 0 Å². The molecule has 2 aromatic carbocycles. The smallest absolute Gasteiger partial charge is 0.339 e. The predicted molar refractivity (Wildman–Crippen MR) is 86.5 cm³/mol. The highest BCUT2D eigenvalue weighted by Gasteiger charge is 2.19. The Hall–Kier alpha value is -1.48. The molecule has 21 heavy (non-hydrogen) atoms. The average Bonchev–Trinajstić information content (AvgIpc) is 2.46. The fourth-order valence-electron chi connectivity index (χ4n) is 1.67. The maximum atomic E-state index is 12.3. The van der Waals surface area contributed by atoms with Gasteiger partial charge in [-0.1, -0.05) is 6.07 Å². The van der Waals surface area contributed by atoms with Crippen LogP contribution >= 0.6 is 22.6 Å². The van der Waals surface area contributed by atoms with E-state index in [0.717, 1.165) is 3.57 Å². The normalized spacial score (nSPS) is 11.0. The zero-order valence-corrected chi connectivity index (χ0v) is 14.3. The van der Waals surface area contributed by atoms with E-state index in [1.165, 1.54) is 32.4 Å². The van der Waals surface area contributed by atoms with Crippen LogP contribution in [0.4, 0.5) is 0 Å². The van der Waals surface area contributed by atoms with Crippen LogP contribution < -0.4 is 13.7 Å². The number of benzene rings is 2. The van der Waals surface area contributed by atoms with Crippen molar-refractivity contribution in [3.05, 3.63) is 46.0 Å². The standard InChI is InChI=1S/C14H13IO5S/c1-18-13-7-6-12(9-14(13)19-2)21(16,17)20-11-5-3-4-10(15)8-11/h3-9H,1-2H3. The fraction of sp³-hybridized carbons (Fsp3) is 0.143. The first kappa shape index (κ1) is 15.9. The number of ether oxygens (including phenoxy) is 2. The third-order valence-corrected chi connectivity index (χ3v) is 4.56. The topological polar surface area (TPSA) is 61.8 Å². The van der Waals surface area contributed by atoms with E-state index in [1.54, 1.807) is 18.2 Å². The highest BCUT2D eigenvalue weighted by Crippen LogP contribution is 2.30. The fourth-order valence-corrected chi connectivity index (χ4v) is 3.12. The maximum absolute atomic E-state index is 12.3. The molecule has 0 fully saturated rings. The van der Waals surface area contributed by atoms with E-state index < -0.39 is 10.1 Å². The van der Waals surface area contributed by atoms with E-state index in [9.17, 15) is 8.42 Å². The first-order chi connectivity index (χ1) is 9.96. The lowest BCUT2D eigenvalue weighted by molar-refractivity contribution is 0.353. The molecule has 0 aliphatic heterocycles. The van der Waals surface area contributed by atoms with Gasteiger partial charge in [-0.05, 0) is 52.9 Å². The maximum Gasteiger partial charge on any atom is 0.339 e. The summed E-state index contributed by atoms with van der Waals surface area (Å²) in [5.41, 5.74) is 0. The van der Waals surface area contributed by atoms with Crippen molar-refractivity contribution in [3.8, 4) is 17.2 Å². The molecule has 0 spiro atoms. The average molecular weight is 420 g/mol. The molecule has 5 nitrogen and oxygen atoms in total. The zero-order chi connectivity index (χ0) is 15.5. The van der Waals surface area contributed by atoms with Crippen molar-refractivity contribution >= 4 is 32.7 Å². The molecule has 2 rings (SSSR count). The first-order valence-electron chi connectivity index (χ1n) is 5.88. The van der Waals surface area contributed by atoms with Crippen molar-refractivity contribution in [2.75, 3.05) is 14.2 Å². The largest absolute Gasteiger partial charge is 0.493 e. The van der Waals surface area contributed by atoms with Gasteiger partial charge in [0.05, 0.1) is 14.2 Å². The molecule has 0 amide bonds. The van der Waals surface area contributed by atoms with Crippen LogP contribution in [-0.4, -0.2) is 22.6 Å². The molecule has 0 aliphatic rings. The van der Waals surface area contributed by atoms with Crippen LogP contribution in [0.25, 0.3) is 0 Å². The summed E-state index contributed by atoms with van der Waals surface area (Å²) in [6, 6.07) is 11.1. The molecule has 0 unspecified atom stereocenters. The van der Waals surface area contributed by atoms with Crippen LogP contribution in [0.2, 0.25) is 0 Å². The summed E-state index contributed by atoms with van der Waals surface area (Å²) < 4.78 is 40.7. The number of hydrogen-bond acceptors (Lipinski definition) is 5. The van der Waals surface area contributed by atoms with E-state index in [-0.39, 0.29) is 10.6 Å². The lowest BCUT2D eigenvalue weighted by atomic mass is 10.3. The van der Waals surface area contributed by atoms with Gasteiger partial charge in [0.2, 0.25) is 0 Å². The van der Waals surface area contributed by atoms with Gasteiger partial charge in [-0.15, -0.1) is 0 Å². The Balaban J connectivity index is 2.35. The second kappa shape index (κ2) is 6.52. The minimum atomic E-state index is -3.93. The van der Waals surface area contributed by atoms with Crippen LogP contribution in [0.1, 0.15) is 0 Å². The van der Waals surface area contributed by atoms with Gasteiger partial charge in [-0.2, -0.15) is 8.42 Å². The van der Waals surface area contributed by atoms with Gasteiger partial charge in [0.1, 0.15) is 10.6 Å². The van der Waals surface area contributed by atoms with E-state index >= 15 is 0 Å². The van der Waals surface area contributed by atoms with Gasteiger partial charge >= 0.3 is 10.1 Å². The third kappa shape index (κ3) is 3.79. The van der Waals surface area contributed by atoms with Crippen molar-refractivity contribution in [2.24, 2.45) is 0 Å². The Morgan fingerprint density at radius 1 is 0.952 bits per heavy atom. The highest BCUT2D eigenvalue weighted by molar-refractivity contribution is 14.1. The summed E-state index contributed by atoms with van der Waals surface area (Å²) in [6.45, 7) is 0. The molecule has 0 saturated heterocycles. The summed E-state index contributed by atoms with van der Waals surface area (Å²) in [7, 11) is -1.01. The van der Waals surface area contributed by atoms with E-state index in [0.29, 0.717) is 11.5 Å². The first-order valence-corrected chi connectivity index (χ1v) is 8.37. The molecule has 0 atom stereocenters. The van der Waals surface area contributed by atoms with Crippen LogP contribution in [0, 0.1) is 3.57 Å². The predicted octanol–water partition coefficient (Wildman–Crippen LogP) is 3.08. The Kier molecular flexibility index (Phi) is 4.94. The molecule has 2 aromatic rings. The summed E-state index contributed by atoms with van der Waals surface area (Å²) in [4.78, 5) is -0.000916. The minimum absolute atomic E-state index is 0.000916. The summed E-state index contributed by atoms with van der Waals surface area (Å²) in [5.74, 6) is 1.03. The highest BCUT2D eigenvalue weighted by atomic mass is 127. The third-order valence-electron chi connectivity index (χ3n) is 2.65. The van der Waals surface area contributed by atoms with Crippen LogP contribution in [0.3, 0.4) is 0 Å². The monoisotopic (exact) mass is 420 g/mol. The quantitative estimate of drug-likeness (QED) is 0.550. The molecule has 0 aromatic heterocycles. The minimum Gasteiger partial charge on any atom is -0.493 e. The second-order valence-corrected chi connectivity index (χ2v) is 6.80. The van der Waals surface area contributed by atoms with Gasteiger partial charge in [0.25, 0.3) is 0 Å². The Morgan fingerprint density at radius 2 is 1.67 bits per heavy atom. The van der Waals surface area contributed by atoms with E-state index in [1.807, 2.05) is 6.07 Å². The van der Waals surface area contributed by atoms with E-state index in [2.05, 4.69) is 22.6 Å². The van der Waals surface area contributed by atoms with Crippen LogP contribution in [0.15, 0.2) is 47.4 Å². The molecule has 0 N–H and O–H groups in total. The van der Waals surface area contributed by atoms with E-state index in [4.69, 9.17) is 13.7 Å². The number of hydrogen-bond donors (Lipinski definition) is 0. The molecule has 7 heteroatoms. The molecule has 112 valence electrons. The molecule has 0 heterocycles. The Bertz CT molecular complexity index is 743. The van der Waals surface area contributed by atoms with Crippen LogP contribution in [0.5, 0.6) is 17.2 Å². The lowest BCUT2D eigenvalue weighted by Gasteiger charge is -2.11. The molecule has 0 saturated carbocycles.